The summed E-state index contributed by atoms with van der Waals surface area (Å²) in [5, 5.41) is 8.85. The van der Waals surface area contributed by atoms with Crippen molar-refractivity contribution < 1.29 is 9.90 Å². The third-order valence-electron chi connectivity index (χ3n) is 2.98. The van der Waals surface area contributed by atoms with Crippen LogP contribution >= 0.6 is 0 Å². The molecule has 0 aromatic rings. The molecule has 0 aromatic carbocycles. The van der Waals surface area contributed by atoms with Crippen molar-refractivity contribution in [3.8, 4) is 0 Å². The fraction of sp³-hybridized carbons (Fsp3) is 0.909. The average molecular weight is 214 g/mol. The van der Waals surface area contributed by atoms with Crippen LogP contribution in [0.3, 0.4) is 0 Å². The fourth-order valence-corrected chi connectivity index (χ4v) is 2.43. The van der Waals surface area contributed by atoms with Crippen LogP contribution in [-0.4, -0.2) is 59.1 Å². The maximum Gasteiger partial charge on any atom is 0.219 e. The van der Waals surface area contributed by atoms with E-state index in [1.54, 1.807) is 6.92 Å². The maximum absolute atomic E-state index is 11.5. The van der Waals surface area contributed by atoms with Crippen molar-refractivity contribution in [3.05, 3.63) is 0 Å². The van der Waals surface area contributed by atoms with Gasteiger partial charge in [-0.3, -0.25) is 9.69 Å². The zero-order chi connectivity index (χ0) is 11.4. The van der Waals surface area contributed by atoms with Crippen LogP contribution in [0, 0.1) is 0 Å². The quantitative estimate of drug-likeness (QED) is 0.732. The summed E-state index contributed by atoms with van der Waals surface area (Å²) in [4.78, 5) is 15.7. The predicted octanol–water partition coefficient (Wildman–Crippen LogP) is 0.310. The average Bonchev–Trinajstić information content (AvgIpc) is 2.52. The van der Waals surface area contributed by atoms with E-state index in [1.807, 2.05) is 4.90 Å². The van der Waals surface area contributed by atoms with E-state index in [1.165, 1.54) is 0 Å². The third kappa shape index (κ3) is 3.18. The summed E-state index contributed by atoms with van der Waals surface area (Å²) in [5.74, 6) is 0.154. The van der Waals surface area contributed by atoms with Crippen LogP contribution in [0.15, 0.2) is 0 Å². The molecule has 1 heterocycles. The van der Waals surface area contributed by atoms with E-state index >= 15 is 0 Å². The van der Waals surface area contributed by atoms with Crippen LogP contribution in [0.25, 0.3) is 0 Å². The summed E-state index contributed by atoms with van der Waals surface area (Å²) in [5.41, 5.74) is 0. The number of hydrogen-bond donors (Lipinski definition) is 1. The van der Waals surface area contributed by atoms with Crippen LogP contribution in [0.5, 0.6) is 0 Å². The van der Waals surface area contributed by atoms with Crippen molar-refractivity contribution in [3.63, 3.8) is 0 Å². The Bertz CT molecular complexity index is 219. The lowest BCUT2D eigenvalue weighted by atomic mass is 10.1. The highest BCUT2D eigenvalue weighted by atomic mass is 16.3. The Kier molecular flexibility index (Phi) is 4.54. The van der Waals surface area contributed by atoms with E-state index in [4.69, 9.17) is 5.11 Å². The highest BCUT2D eigenvalue weighted by Crippen LogP contribution is 2.17. The van der Waals surface area contributed by atoms with E-state index in [0.717, 1.165) is 26.1 Å². The summed E-state index contributed by atoms with van der Waals surface area (Å²) in [6.45, 7) is 8.55. The topological polar surface area (TPSA) is 43.8 Å². The molecule has 0 aromatic heterocycles. The van der Waals surface area contributed by atoms with Crippen LogP contribution in [0.4, 0.5) is 0 Å². The number of hydrogen-bond acceptors (Lipinski definition) is 3. The number of aliphatic hydroxyl groups is 1. The minimum Gasteiger partial charge on any atom is -0.395 e. The minimum atomic E-state index is 0.154. The Labute approximate surface area is 91.9 Å². The van der Waals surface area contributed by atoms with Gasteiger partial charge in [0, 0.05) is 38.6 Å². The Hall–Kier alpha value is -0.610. The molecule has 0 aliphatic carbocycles. The van der Waals surface area contributed by atoms with E-state index < -0.39 is 0 Å². The van der Waals surface area contributed by atoms with Crippen molar-refractivity contribution in [1.82, 2.24) is 9.80 Å². The fourth-order valence-electron chi connectivity index (χ4n) is 2.43. The Morgan fingerprint density at radius 2 is 2.27 bits per heavy atom. The lowest BCUT2D eigenvalue weighted by Gasteiger charge is -2.31. The van der Waals surface area contributed by atoms with E-state index in [-0.39, 0.29) is 18.6 Å². The molecule has 1 aliphatic rings. The van der Waals surface area contributed by atoms with E-state index in [2.05, 4.69) is 18.7 Å². The summed E-state index contributed by atoms with van der Waals surface area (Å²) in [7, 11) is 0. The molecule has 1 rings (SSSR count). The van der Waals surface area contributed by atoms with Gasteiger partial charge >= 0.3 is 0 Å². The van der Waals surface area contributed by atoms with Crippen molar-refractivity contribution in [2.45, 2.75) is 39.3 Å². The molecule has 1 aliphatic heterocycles. The lowest BCUT2D eigenvalue weighted by molar-refractivity contribution is -0.132. The number of aliphatic hydroxyl groups excluding tert-OH is 1. The first-order chi connectivity index (χ1) is 7.06. The lowest BCUT2D eigenvalue weighted by Crippen LogP contribution is -2.45. The van der Waals surface area contributed by atoms with Gasteiger partial charge < -0.3 is 10.0 Å². The summed E-state index contributed by atoms with van der Waals surface area (Å²) < 4.78 is 0. The summed E-state index contributed by atoms with van der Waals surface area (Å²) in [6.07, 6.45) is 1.03. The van der Waals surface area contributed by atoms with Crippen LogP contribution < -0.4 is 0 Å². The molecule has 15 heavy (non-hydrogen) atoms. The Balaban J connectivity index is 2.53. The van der Waals surface area contributed by atoms with Gasteiger partial charge in [0.1, 0.15) is 0 Å². The number of amides is 1. The summed E-state index contributed by atoms with van der Waals surface area (Å²) in [6, 6.07) is 0.593. The number of β-amino-alcohol motifs (C(OH)–C–C–N with tert-alkyl or cyclic N) is 1. The van der Waals surface area contributed by atoms with Crippen LogP contribution in [-0.2, 0) is 4.79 Å². The molecular weight excluding hydrogens is 192 g/mol. The monoisotopic (exact) mass is 214 g/mol. The van der Waals surface area contributed by atoms with Gasteiger partial charge in [0.2, 0.25) is 5.91 Å². The van der Waals surface area contributed by atoms with E-state index in [0.29, 0.717) is 6.04 Å². The van der Waals surface area contributed by atoms with Gasteiger partial charge in [-0.15, -0.1) is 0 Å². The smallest absolute Gasteiger partial charge is 0.219 e. The second-order valence-electron chi connectivity index (χ2n) is 4.49. The minimum absolute atomic E-state index is 0.154. The van der Waals surface area contributed by atoms with Crippen molar-refractivity contribution in [1.29, 1.82) is 0 Å². The van der Waals surface area contributed by atoms with E-state index in [9.17, 15) is 4.79 Å². The largest absolute Gasteiger partial charge is 0.395 e. The molecule has 1 amide bonds. The van der Waals surface area contributed by atoms with Gasteiger partial charge in [-0.1, -0.05) is 0 Å². The molecule has 1 N–H and O–H groups in total. The zero-order valence-corrected chi connectivity index (χ0v) is 9.94. The molecule has 4 heteroatoms. The third-order valence-corrected chi connectivity index (χ3v) is 2.98. The first-order valence-corrected chi connectivity index (χ1v) is 5.68. The van der Waals surface area contributed by atoms with Crippen molar-refractivity contribution in [2.24, 2.45) is 0 Å². The molecule has 1 saturated heterocycles. The van der Waals surface area contributed by atoms with Gasteiger partial charge in [0.05, 0.1) is 6.61 Å². The molecule has 0 spiro atoms. The number of carbonyl (C=O) groups is 1. The first kappa shape index (κ1) is 12.5. The molecule has 1 atom stereocenters. The second-order valence-corrected chi connectivity index (χ2v) is 4.49. The first-order valence-electron chi connectivity index (χ1n) is 5.68. The number of carbonyl (C=O) groups excluding carboxylic acids is 1. The number of rotatable bonds is 4. The second kappa shape index (κ2) is 5.47. The Morgan fingerprint density at radius 1 is 1.60 bits per heavy atom. The molecular formula is C11H22N2O2. The highest BCUT2D eigenvalue weighted by molar-refractivity contribution is 5.74. The predicted molar refractivity (Wildman–Crippen MR) is 59.6 cm³/mol. The number of nitrogens with zero attached hydrogens (tertiary/aromatic N) is 2. The molecule has 0 saturated carbocycles. The zero-order valence-electron chi connectivity index (χ0n) is 9.94. The van der Waals surface area contributed by atoms with Gasteiger partial charge in [-0.25, -0.2) is 0 Å². The van der Waals surface area contributed by atoms with Crippen molar-refractivity contribution in [2.75, 3.05) is 26.2 Å². The number of likely N-dealkylation sites (tertiary alicyclic amines) is 1. The van der Waals surface area contributed by atoms with Crippen LogP contribution in [0.1, 0.15) is 27.2 Å². The molecule has 4 nitrogen and oxygen atoms in total. The van der Waals surface area contributed by atoms with Crippen LogP contribution in [0.2, 0.25) is 0 Å². The standard InChI is InChI=1S/C11H22N2O2/c1-9(2)13(10(3)15)11-4-5-12(8-11)6-7-14/h9,11,14H,4-8H2,1-3H3. The molecule has 0 bridgehead atoms. The molecule has 0 radical (unpaired) electrons. The van der Waals surface area contributed by atoms with Gasteiger partial charge in [0.25, 0.3) is 0 Å². The maximum atomic E-state index is 11.5. The van der Waals surface area contributed by atoms with Gasteiger partial charge in [-0.05, 0) is 20.3 Å². The van der Waals surface area contributed by atoms with Crippen molar-refractivity contribution >= 4 is 5.91 Å². The van der Waals surface area contributed by atoms with Gasteiger partial charge in [0.15, 0.2) is 0 Å². The molecule has 88 valence electrons. The molecule has 1 fully saturated rings. The Morgan fingerprint density at radius 3 is 2.73 bits per heavy atom. The molecule has 1 unspecified atom stereocenters. The normalized spacial score (nSPS) is 22.3. The highest BCUT2D eigenvalue weighted by Gasteiger charge is 2.30. The SMILES string of the molecule is CC(=O)N(C(C)C)C1CCN(CCO)C1. The summed E-state index contributed by atoms with van der Waals surface area (Å²) >= 11 is 0. The van der Waals surface area contributed by atoms with Gasteiger partial charge in [-0.2, -0.15) is 0 Å².